The predicted octanol–water partition coefficient (Wildman–Crippen LogP) is 6.81. The first kappa shape index (κ1) is 64.7. The van der Waals surface area contributed by atoms with Crippen LogP contribution in [0.15, 0.2) is 238 Å². The summed E-state index contributed by atoms with van der Waals surface area (Å²) in [5.41, 5.74) is 5.30. The molecule has 91 heavy (non-hydrogen) atoms. The van der Waals surface area contributed by atoms with E-state index in [1.54, 1.807) is 91.6 Å². The number of nitrogens with zero attached hydrogens (tertiary/aromatic N) is 10. The number of fused-ring (bicyclic) bond motifs is 15. The normalized spacial score (nSPS) is 11.9. The molecule has 5 aromatic carbocycles. The van der Waals surface area contributed by atoms with Crippen molar-refractivity contribution in [1.82, 2.24) is 49.8 Å². The summed E-state index contributed by atoms with van der Waals surface area (Å²) in [7, 11) is -21.8. The van der Waals surface area contributed by atoms with Crippen molar-refractivity contribution < 1.29 is 94.4 Å². The van der Waals surface area contributed by atoms with Gasteiger partial charge in [-0.05, 0) is 91.0 Å². The maximum absolute atomic E-state index is 11.1. The molecule has 0 bridgehead atoms. The number of aromatic nitrogens is 10. The molecule has 0 aliphatic rings. The van der Waals surface area contributed by atoms with Gasteiger partial charge in [-0.3, -0.25) is 43.1 Å². The molecule has 0 atom stereocenters. The fourth-order valence-corrected chi connectivity index (χ4v) is 11.5. The molecule has 10 aromatic heterocycles. The molecular formula is C60H39N10NaO15S5. The molecule has 0 spiro atoms. The van der Waals surface area contributed by atoms with Crippen LogP contribution in [-0.4, -0.2) is 115 Å². The average molecular weight is 1320 g/mol. The van der Waals surface area contributed by atoms with Crippen molar-refractivity contribution in [3.05, 3.63) is 213 Å². The number of hydrogen-bond donors (Lipinski definition) is 4. The van der Waals surface area contributed by atoms with Gasteiger partial charge >= 0.3 is 70.0 Å². The van der Waals surface area contributed by atoms with Crippen LogP contribution in [0.3, 0.4) is 0 Å². The second kappa shape index (κ2) is 25.9. The standard InChI is InChI=1S/5C12H8N2O3S.Na/c5*15-18(16,17)10-6-5-9-4-3-8-2-1-7-13-11(8)12(9)14-10;/h5*1-7H,(H,15,16,17);/q;;;;;+1/p-1. The molecule has 0 aliphatic heterocycles. The summed E-state index contributed by atoms with van der Waals surface area (Å²) >= 11 is 0. The van der Waals surface area contributed by atoms with Gasteiger partial charge in [-0.2, -0.15) is 33.7 Å². The predicted molar refractivity (Wildman–Crippen MR) is 332 cm³/mol. The van der Waals surface area contributed by atoms with Crippen molar-refractivity contribution in [2.24, 2.45) is 0 Å². The molecule has 0 aliphatic carbocycles. The van der Waals surface area contributed by atoms with Crippen LogP contribution in [0, 0.1) is 0 Å². The molecule has 31 heteroatoms. The second-order valence-electron chi connectivity index (χ2n) is 19.2. The Labute approximate surface area is 537 Å². The second-order valence-corrected chi connectivity index (χ2v) is 26.0. The van der Waals surface area contributed by atoms with E-state index in [4.69, 9.17) is 18.2 Å². The van der Waals surface area contributed by atoms with Crippen molar-refractivity contribution in [1.29, 1.82) is 0 Å². The van der Waals surface area contributed by atoms with Crippen molar-refractivity contribution in [2.45, 2.75) is 25.1 Å². The van der Waals surface area contributed by atoms with E-state index in [1.807, 2.05) is 91.0 Å². The van der Waals surface area contributed by atoms with Crippen molar-refractivity contribution in [3.63, 3.8) is 0 Å². The first-order valence-corrected chi connectivity index (χ1v) is 33.0. The van der Waals surface area contributed by atoms with Crippen LogP contribution in [0.2, 0.25) is 0 Å². The Morgan fingerprint density at radius 1 is 0.231 bits per heavy atom. The Morgan fingerprint density at radius 3 is 0.560 bits per heavy atom. The summed E-state index contributed by atoms with van der Waals surface area (Å²) in [6, 6.07) is 51.1. The van der Waals surface area contributed by atoms with Gasteiger partial charge in [0.15, 0.2) is 20.1 Å². The molecule has 0 saturated heterocycles. The van der Waals surface area contributed by atoms with E-state index >= 15 is 0 Å². The fraction of sp³-hybridized carbons (Fsp3) is 0. The van der Waals surface area contributed by atoms with Gasteiger partial charge in [0.25, 0.3) is 0 Å². The maximum Gasteiger partial charge on any atom is 1.00 e. The maximum atomic E-state index is 11.1. The van der Waals surface area contributed by atoms with Crippen molar-refractivity contribution >= 4 is 160 Å². The van der Waals surface area contributed by atoms with Gasteiger partial charge in [0, 0.05) is 84.8 Å². The third-order valence-corrected chi connectivity index (χ3v) is 17.1. The van der Waals surface area contributed by atoms with Crippen LogP contribution in [0.4, 0.5) is 0 Å². The van der Waals surface area contributed by atoms with Crippen LogP contribution >= 0.6 is 0 Å². The first-order valence-electron chi connectivity index (χ1n) is 25.9. The van der Waals surface area contributed by atoms with Crippen LogP contribution in [0.1, 0.15) is 0 Å². The number of hydrogen-bond acceptors (Lipinski definition) is 21. The van der Waals surface area contributed by atoms with Gasteiger partial charge in [0.05, 0.1) is 55.2 Å². The van der Waals surface area contributed by atoms with Crippen LogP contribution < -0.4 is 29.6 Å². The molecule has 10 heterocycles. The van der Waals surface area contributed by atoms with Crippen LogP contribution in [-0.2, 0) is 50.6 Å². The molecule has 450 valence electrons. The summed E-state index contributed by atoms with van der Waals surface area (Å²) in [5.74, 6) is 0. The van der Waals surface area contributed by atoms with E-state index in [-0.39, 0.29) is 49.7 Å². The van der Waals surface area contributed by atoms with Crippen LogP contribution in [0.5, 0.6) is 0 Å². The monoisotopic (exact) mass is 1320 g/mol. The smallest absolute Gasteiger partial charge is 0.743 e. The quantitative estimate of drug-likeness (QED) is 0.0780. The summed E-state index contributed by atoms with van der Waals surface area (Å²) in [6.45, 7) is 0. The fourth-order valence-electron chi connectivity index (χ4n) is 9.24. The minimum Gasteiger partial charge on any atom is -0.743 e. The molecule has 0 saturated carbocycles. The zero-order valence-corrected chi connectivity index (χ0v) is 52.6. The summed E-state index contributed by atoms with van der Waals surface area (Å²) in [5, 5.41) is 6.19. The van der Waals surface area contributed by atoms with Gasteiger partial charge < -0.3 is 4.55 Å². The van der Waals surface area contributed by atoms with Crippen molar-refractivity contribution in [2.75, 3.05) is 0 Å². The summed E-state index contributed by atoms with van der Waals surface area (Å²) in [6.07, 6.45) is 8.06. The topological polar surface area (TPSA) is 404 Å². The third kappa shape index (κ3) is 14.5. The van der Waals surface area contributed by atoms with Gasteiger partial charge in [-0.25, -0.2) is 33.3 Å². The van der Waals surface area contributed by atoms with E-state index in [0.29, 0.717) is 55.2 Å². The largest absolute Gasteiger partial charge is 1.00 e. The Kier molecular flexibility index (Phi) is 18.4. The van der Waals surface area contributed by atoms with E-state index in [2.05, 4.69) is 49.8 Å². The number of pyridine rings is 10. The third-order valence-electron chi connectivity index (χ3n) is 13.3. The minimum absolute atomic E-state index is 0. The molecule has 25 nitrogen and oxygen atoms in total. The first-order chi connectivity index (χ1) is 42.8. The van der Waals surface area contributed by atoms with Gasteiger partial charge in [0.2, 0.25) is 0 Å². The molecule has 0 radical (unpaired) electrons. The summed E-state index contributed by atoms with van der Waals surface area (Å²) in [4.78, 5) is 40.8. The zero-order chi connectivity index (χ0) is 63.8. The molecule has 15 aromatic rings. The average Bonchev–Trinajstić information content (AvgIpc) is 0.951. The van der Waals surface area contributed by atoms with E-state index in [1.165, 1.54) is 30.3 Å². The number of rotatable bonds is 5. The Bertz CT molecular complexity index is 5160. The van der Waals surface area contributed by atoms with Crippen LogP contribution in [0.25, 0.3) is 109 Å². The van der Waals surface area contributed by atoms with Crippen molar-refractivity contribution in [3.8, 4) is 0 Å². The Morgan fingerprint density at radius 2 is 0.385 bits per heavy atom. The molecule has 0 unspecified atom stereocenters. The molecule has 4 N–H and O–H groups in total. The van der Waals surface area contributed by atoms with E-state index < -0.39 is 55.6 Å². The van der Waals surface area contributed by atoms with Gasteiger partial charge in [-0.1, -0.05) is 91.0 Å². The molecular weight excluding hydrogens is 1280 g/mol. The zero-order valence-electron chi connectivity index (χ0n) is 46.5. The van der Waals surface area contributed by atoms with E-state index in [9.17, 15) is 46.6 Å². The SMILES string of the molecule is O=S(=O)(O)c1ccc2ccc3cccnc3c2n1.O=S(=O)(O)c1ccc2ccc3cccnc3c2n1.O=S(=O)(O)c1ccc2ccc3cccnc3c2n1.O=S(=O)(O)c1ccc2ccc3cccnc3c2n1.O=S(=O)([O-])c1ccc2ccc3cccnc3c2n1.[Na+]. The summed E-state index contributed by atoms with van der Waals surface area (Å²) < 4.78 is 158. The Hall–Kier alpha value is -9.25. The molecule has 0 fully saturated rings. The van der Waals surface area contributed by atoms with E-state index in [0.717, 1.165) is 53.9 Å². The molecule has 15 rings (SSSR count). The number of benzene rings is 5. The minimum atomic E-state index is -4.55. The van der Waals surface area contributed by atoms with Gasteiger partial charge in [0.1, 0.15) is 15.1 Å². The van der Waals surface area contributed by atoms with Gasteiger partial charge in [-0.15, -0.1) is 0 Å². The Balaban J connectivity index is 0.000000125. The molecule has 0 amide bonds.